The summed E-state index contributed by atoms with van der Waals surface area (Å²) in [6.07, 6.45) is 6.06. The zero-order valence-electron chi connectivity index (χ0n) is 7.36. The van der Waals surface area contributed by atoms with Gasteiger partial charge in [-0.3, -0.25) is 0 Å². The van der Waals surface area contributed by atoms with Crippen molar-refractivity contribution in [3.8, 4) is 0 Å². The molecule has 1 atom stereocenters. The molecule has 0 aromatic heterocycles. The summed E-state index contributed by atoms with van der Waals surface area (Å²) >= 11 is 0. The van der Waals surface area contributed by atoms with Crippen LogP contribution in [0.25, 0.3) is 0 Å². The van der Waals surface area contributed by atoms with Gasteiger partial charge in [0, 0.05) is 12.8 Å². The fraction of sp³-hybridized carbons (Fsp3) is 1.00. The van der Waals surface area contributed by atoms with Gasteiger partial charge >= 0.3 is 0 Å². The maximum atomic E-state index is 12.8. The minimum absolute atomic E-state index is 0.147. The molecule has 0 aliphatic heterocycles. The number of alkyl halides is 2. The first-order valence-corrected chi connectivity index (χ1v) is 5.05. The highest BCUT2D eigenvalue weighted by molar-refractivity contribution is 4.86. The van der Waals surface area contributed by atoms with E-state index in [1.807, 2.05) is 0 Å². The Bertz CT molecular complexity index is 159. The molecule has 0 aromatic carbocycles. The van der Waals surface area contributed by atoms with E-state index in [2.05, 4.69) is 0 Å². The van der Waals surface area contributed by atoms with Crippen molar-refractivity contribution in [1.82, 2.24) is 0 Å². The van der Waals surface area contributed by atoms with Crippen molar-refractivity contribution >= 4 is 0 Å². The van der Waals surface area contributed by atoms with E-state index in [-0.39, 0.29) is 12.8 Å². The van der Waals surface area contributed by atoms with Crippen molar-refractivity contribution in [3.63, 3.8) is 0 Å². The third-order valence-corrected chi connectivity index (χ3v) is 3.51. The molecule has 0 aromatic rings. The van der Waals surface area contributed by atoms with Crippen LogP contribution in [-0.4, -0.2) is 5.92 Å². The zero-order valence-corrected chi connectivity index (χ0v) is 7.36. The molecule has 70 valence electrons. The SMILES string of the molecule is FC1(F)CCC(C2CCCC2)C1. The highest BCUT2D eigenvalue weighted by atomic mass is 19.3. The van der Waals surface area contributed by atoms with Crippen molar-refractivity contribution in [3.05, 3.63) is 0 Å². The first-order chi connectivity index (χ1) is 5.67. The van der Waals surface area contributed by atoms with E-state index in [1.165, 1.54) is 25.7 Å². The second kappa shape index (κ2) is 2.97. The van der Waals surface area contributed by atoms with Gasteiger partial charge in [-0.15, -0.1) is 0 Å². The van der Waals surface area contributed by atoms with E-state index in [0.29, 0.717) is 11.8 Å². The summed E-state index contributed by atoms with van der Waals surface area (Å²) in [4.78, 5) is 0. The predicted octanol–water partition coefficient (Wildman–Crippen LogP) is 3.61. The van der Waals surface area contributed by atoms with Crippen LogP contribution >= 0.6 is 0 Å². The molecule has 0 N–H and O–H groups in total. The molecule has 0 radical (unpaired) electrons. The van der Waals surface area contributed by atoms with Crippen LogP contribution in [0.3, 0.4) is 0 Å². The number of hydrogen-bond donors (Lipinski definition) is 0. The molecule has 2 aliphatic carbocycles. The molecule has 0 saturated heterocycles. The normalized spacial score (nSPS) is 36.0. The molecule has 0 amide bonds. The predicted molar refractivity (Wildman–Crippen MR) is 44.2 cm³/mol. The van der Waals surface area contributed by atoms with Gasteiger partial charge in [-0.25, -0.2) is 8.78 Å². The number of halogens is 2. The van der Waals surface area contributed by atoms with Crippen LogP contribution in [0.1, 0.15) is 44.9 Å². The van der Waals surface area contributed by atoms with E-state index < -0.39 is 5.92 Å². The van der Waals surface area contributed by atoms with Gasteiger partial charge in [-0.2, -0.15) is 0 Å². The quantitative estimate of drug-likeness (QED) is 0.569. The molecule has 0 heterocycles. The largest absolute Gasteiger partial charge is 0.248 e. The number of rotatable bonds is 1. The Morgan fingerprint density at radius 1 is 0.917 bits per heavy atom. The first-order valence-electron chi connectivity index (χ1n) is 5.05. The van der Waals surface area contributed by atoms with E-state index in [9.17, 15) is 8.78 Å². The van der Waals surface area contributed by atoms with Gasteiger partial charge < -0.3 is 0 Å². The smallest absolute Gasteiger partial charge is 0.207 e. The lowest BCUT2D eigenvalue weighted by Crippen LogP contribution is -2.13. The second-order valence-electron chi connectivity index (χ2n) is 4.40. The Balaban J connectivity index is 1.90. The first kappa shape index (κ1) is 8.46. The van der Waals surface area contributed by atoms with Gasteiger partial charge in [0.1, 0.15) is 0 Å². The molecule has 2 fully saturated rings. The Morgan fingerprint density at radius 3 is 2.08 bits per heavy atom. The molecule has 2 rings (SSSR count). The maximum Gasteiger partial charge on any atom is 0.248 e. The fourth-order valence-electron chi connectivity index (χ4n) is 2.82. The Labute approximate surface area is 72.3 Å². The third-order valence-electron chi connectivity index (χ3n) is 3.51. The Kier molecular flexibility index (Phi) is 2.09. The topological polar surface area (TPSA) is 0 Å². The van der Waals surface area contributed by atoms with Gasteiger partial charge in [-0.1, -0.05) is 25.7 Å². The Hall–Kier alpha value is -0.140. The van der Waals surface area contributed by atoms with Crippen LogP contribution in [0.2, 0.25) is 0 Å². The summed E-state index contributed by atoms with van der Waals surface area (Å²) in [5.41, 5.74) is 0. The molecule has 1 unspecified atom stereocenters. The van der Waals surface area contributed by atoms with Crippen LogP contribution in [0, 0.1) is 11.8 Å². The highest BCUT2D eigenvalue weighted by Gasteiger charge is 2.42. The Morgan fingerprint density at radius 2 is 1.58 bits per heavy atom. The average Bonchev–Trinajstić information content (AvgIpc) is 2.55. The van der Waals surface area contributed by atoms with E-state index in [0.717, 1.165) is 6.42 Å². The second-order valence-corrected chi connectivity index (χ2v) is 4.40. The monoisotopic (exact) mass is 174 g/mol. The summed E-state index contributed by atoms with van der Waals surface area (Å²) in [5.74, 6) is -1.34. The lowest BCUT2D eigenvalue weighted by molar-refractivity contribution is 0.00232. The molecule has 0 bridgehead atoms. The molecule has 0 spiro atoms. The van der Waals surface area contributed by atoms with Crippen molar-refractivity contribution in [1.29, 1.82) is 0 Å². The lowest BCUT2D eigenvalue weighted by atomic mass is 9.89. The van der Waals surface area contributed by atoms with Crippen molar-refractivity contribution in [2.24, 2.45) is 11.8 Å². The third kappa shape index (κ3) is 1.62. The maximum absolute atomic E-state index is 12.8. The summed E-state index contributed by atoms with van der Waals surface area (Å²) in [6, 6.07) is 0. The zero-order chi connectivity index (χ0) is 8.60. The van der Waals surface area contributed by atoms with Crippen LogP contribution in [0.15, 0.2) is 0 Å². The standard InChI is InChI=1S/C10H16F2/c11-10(12)6-5-9(7-10)8-3-1-2-4-8/h8-9H,1-7H2. The van der Waals surface area contributed by atoms with Crippen molar-refractivity contribution in [2.45, 2.75) is 50.9 Å². The number of hydrogen-bond acceptors (Lipinski definition) is 0. The summed E-state index contributed by atoms with van der Waals surface area (Å²) in [6.45, 7) is 0. The van der Waals surface area contributed by atoms with E-state index in [1.54, 1.807) is 0 Å². The fourth-order valence-corrected chi connectivity index (χ4v) is 2.82. The van der Waals surface area contributed by atoms with Gasteiger partial charge in [0.2, 0.25) is 5.92 Å². The van der Waals surface area contributed by atoms with E-state index >= 15 is 0 Å². The summed E-state index contributed by atoms with van der Waals surface area (Å²) < 4.78 is 25.7. The minimum atomic E-state index is -2.33. The molecule has 2 saturated carbocycles. The molecular formula is C10H16F2. The van der Waals surface area contributed by atoms with Crippen molar-refractivity contribution < 1.29 is 8.78 Å². The molecular weight excluding hydrogens is 158 g/mol. The highest BCUT2D eigenvalue weighted by Crippen LogP contribution is 2.46. The van der Waals surface area contributed by atoms with Crippen LogP contribution in [-0.2, 0) is 0 Å². The molecule has 2 aliphatic rings. The van der Waals surface area contributed by atoms with Crippen LogP contribution < -0.4 is 0 Å². The van der Waals surface area contributed by atoms with Crippen LogP contribution in [0.4, 0.5) is 8.78 Å². The van der Waals surface area contributed by atoms with E-state index in [4.69, 9.17) is 0 Å². The van der Waals surface area contributed by atoms with Gasteiger partial charge in [0.15, 0.2) is 0 Å². The van der Waals surface area contributed by atoms with Crippen LogP contribution in [0.5, 0.6) is 0 Å². The minimum Gasteiger partial charge on any atom is -0.207 e. The van der Waals surface area contributed by atoms with Crippen molar-refractivity contribution in [2.75, 3.05) is 0 Å². The van der Waals surface area contributed by atoms with Gasteiger partial charge in [0.25, 0.3) is 0 Å². The molecule has 12 heavy (non-hydrogen) atoms. The molecule has 0 nitrogen and oxygen atoms in total. The lowest BCUT2D eigenvalue weighted by Gasteiger charge is -2.17. The summed E-state index contributed by atoms with van der Waals surface area (Å²) in [7, 11) is 0. The van der Waals surface area contributed by atoms with Gasteiger partial charge in [-0.05, 0) is 18.3 Å². The molecule has 2 heteroatoms. The average molecular weight is 174 g/mol. The summed E-state index contributed by atoms with van der Waals surface area (Å²) in [5, 5.41) is 0. The van der Waals surface area contributed by atoms with Gasteiger partial charge in [0.05, 0.1) is 0 Å².